The molecule has 1 amide bonds. The SMILES string of the molecule is CCNc1ncnc2sc3c(c12)CCN(C(C)=O)C3. The summed E-state index contributed by atoms with van der Waals surface area (Å²) in [6.45, 7) is 6.02. The molecule has 0 atom stereocenters. The number of carbonyl (C=O) groups excluding carboxylic acids is 1. The molecule has 2 aromatic heterocycles. The van der Waals surface area contributed by atoms with Gasteiger partial charge in [0.15, 0.2) is 0 Å². The zero-order chi connectivity index (χ0) is 13.4. The second-order valence-corrected chi connectivity index (χ2v) is 5.71. The number of anilines is 1. The van der Waals surface area contributed by atoms with Gasteiger partial charge in [-0.1, -0.05) is 0 Å². The number of rotatable bonds is 2. The number of aromatic nitrogens is 2. The summed E-state index contributed by atoms with van der Waals surface area (Å²) in [5.41, 5.74) is 1.31. The Balaban J connectivity index is 2.09. The molecule has 0 radical (unpaired) electrons. The van der Waals surface area contributed by atoms with Gasteiger partial charge in [-0.3, -0.25) is 4.79 Å². The number of nitrogens with zero attached hydrogens (tertiary/aromatic N) is 3. The van der Waals surface area contributed by atoms with Crippen LogP contribution in [0.5, 0.6) is 0 Å². The monoisotopic (exact) mass is 276 g/mol. The Morgan fingerprint density at radius 2 is 2.37 bits per heavy atom. The lowest BCUT2D eigenvalue weighted by Gasteiger charge is -2.25. The van der Waals surface area contributed by atoms with E-state index < -0.39 is 0 Å². The van der Waals surface area contributed by atoms with Crippen molar-refractivity contribution in [3.8, 4) is 0 Å². The number of thiophene rings is 1. The predicted molar refractivity (Wildman–Crippen MR) is 76.4 cm³/mol. The van der Waals surface area contributed by atoms with E-state index in [9.17, 15) is 4.79 Å². The van der Waals surface area contributed by atoms with Crippen molar-refractivity contribution in [2.24, 2.45) is 0 Å². The Hall–Kier alpha value is -1.69. The number of fused-ring (bicyclic) bond motifs is 3. The van der Waals surface area contributed by atoms with Crippen LogP contribution < -0.4 is 5.32 Å². The summed E-state index contributed by atoms with van der Waals surface area (Å²) >= 11 is 1.68. The van der Waals surface area contributed by atoms with Gasteiger partial charge in [-0.05, 0) is 18.9 Å². The molecule has 100 valence electrons. The highest BCUT2D eigenvalue weighted by Crippen LogP contribution is 2.37. The van der Waals surface area contributed by atoms with Crippen molar-refractivity contribution in [3.05, 3.63) is 16.8 Å². The lowest BCUT2D eigenvalue weighted by Crippen LogP contribution is -2.33. The van der Waals surface area contributed by atoms with E-state index in [1.54, 1.807) is 24.6 Å². The van der Waals surface area contributed by atoms with Crippen LogP contribution in [-0.4, -0.2) is 33.9 Å². The number of hydrogen-bond donors (Lipinski definition) is 1. The van der Waals surface area contributed by atoms with Crippen LogP contribution in [0, 0.1) is 0 Å². The van der Waals surface area contributed by atoms with E-state index in [1.807, 2.05) is 4.90 Å². The average molecular weight is 276 g/mol. The zero-order valence-electron chi connectivity index (χ0n) is 11.1. The molecule has 6 heteroatoms. The van der Waals surface area contributed by atoms with Gasteiger partial charge in [-0.25, -0.2) is 9.97 Å². The Morgan fingerprint density at radius 3 is 3.11 bits per heavy atom. The van der Waals surface area contributed by atoms with Gasteiger partial charge in [0.25, 0.3) is 0 Å². The number of amides is 1. The average Bonchev–Trinajstić information content (AvgIpc) is 2.77. The van der Waals surface area contributed by atoms with Crippen LogP contribution in [-0.2, 0) is 17.8 Å². The lowest BCUT2D eigenvalue weighted by molar-refractivity contribution is -0.129. The Kier molecular flexibility index (Phi) is 3.10. The third-order valence-corrected chi connectivity index (χ3v) is 4.55. The maximum atomic E-state index is 11.5. The minimum atomic E-state index is 0.140. The molecule has 0 fully saturated rings. The third kappa shape index (κ3) is 2.06. The molecule has 1 aliphatic heterocycles. The van der Waals surface area contributed by atoms with Crippen LogP contribution in [0.2, 0.25) is 0 Å². The first-order valence-corrected chi connectivity index (χ1v) is 7.27. The molecular formula is C13H16N4OS. The summed E-state index contributed by atoms with van der Waals surface area (Å²) in [7, 11) is 0. The maximum absolute atomic E-state index is 11.5. The highest BCUT2D eigenvalue weighted by molar-refractivity contribution is 7.19. The smallest absolute Gasteiger partial charge is 0.219 e. The van der Waals surface area contributed by atoms with Crippen LogP contribution in [0.4, 0.5) is 5.82 Å². The van der Waals surface area contributed by atoms with Gasteiger partial charge >= 0.3 is 0 Å². The summed E-state index contributed by atoms with van der Waals surface area (Å²) in [4.78, 5) is 24.3. The molecule has 0 aliphatic carbocycles. The molecule has 0 aromatic carbocycles. The normalized spacial score (nSPS) is 14.5. The minimum absolute atomic E-state index is 0.140. The van der Waals surface area contributed by atoms with Crippen molar-refractivity contribution in [3.63, 3.8) is 0 Å². The van der Waals surface area contributed by atoms with E-state index in [1.165, 1.54) is 10.4 Å². The van der Waals surface area contributed by atoms with Crippen molar-refractivity contribution in [2.45, 2.75) is 26.8 Å². The Labute approximate surface area is 115 Å². The van der Waals surface area contributed by atoms with Gasteiger partial charge in [0.1, 0.15) is 17.0 Å². The quantitative estimate of drug-likeness (QED) is 0.912. The first kappa shape index (κ1) is 12.3. The molecule has 0 saturated heterocycles. The van der Waals surface area contributed by atoms with Gasteiger partial charge in [0.2, 0.25) is 5.91 Å². The molecule has 0 spiro atoms. The minimum Gasteiger partial charge on any atom is -0.370 e. The fraction of sp³-hybridized carbons (Fsp3) is 0.462. The molecule has 1 aliphatic rings. The van der Waals surface area contributed by atoms with E-state index in [0.29, 0.717) is 6.54 Å². The molecule has 19 heavy (non-hydrogen) atoms. The van der Waals surface area contributed by atoms with E-state index in [4.69, 9.17) is 0 Å². The molecule has 3 heterocycles. The van der Waals surface area contributed by atoms with Gasteiger partial charge in [-0.15, -0.1) is 11.3 Å². The summed E-state index contributed by atoms with van der Waals surface area (Å²) in [6.07, 6.45) is 2.49. The highest BCUT2D eigenvalue weighted by Gasteiger charge is 2.24. The Morgan fingerprint density at radius 1 is 1.53 bits per heavy atom. The van der Waals surface area contributed by atoms with Crippen LogP contribution in [0.1, 0.15) is 24.3 Å². The van der Waals surface area contributed by atoms with Crippen LogP contribution in [0.15, 0.2) is 6.33 Å². The largest absolute Gasteiger partial charge is 0.370 e. The highest BCUT2D eigenvalue weighted by atomic mass is 32.1. The van der Waals surface area contributed by atoms with Crippen molar-refractivity contribution in [1.82, 2.24) is 14.9 Å². The zero-order valence-corrected chi connectivity index (χ0v) is 11.9. The number of carbonyl (C=O) groups is 1. The topological polar surface area (TPSA) is 58.1 Å². The van der Waals surface area contributed by atoms with Crippen LogP contribution in [0.25, 0.3) is 10.2 Å². The summed E-state index contributed by atoms with van der Waals surface area (Å²) in [5, 5.41) is 4.44. The molecule has 1 N–H and O–H groups in total. The number of hydrogen-bond acceptors (Lipinski definition) is 5. The molecule has 2 aromatic rings. The van der Waals surface area contributed by atoms with Crippen LogP contribution in [0.3, 0.4) is 0 Å². The summed E-state index contributed by atoms with van der Waals surface area (Å²) in [5.74, 6) is 1.06. The fourth-order valence-electron chi connectivity index (χ4n) is 2.50. The van der Waals surface area contributed by atoms with E-state index in [-0.39, 0.29) is 5.91 Å². The standard InChI is InChI=1S/C13H16N4OS/c1-3-14-12-11-9-4-5-17(8(2)18)6-10(9)19-13(11)16-7-15-12/h7H,3-6H2,1-2H3,(H,14,15,16). The molecule has 0 bridgehead atoms. The van der Waals surface area contributed by atoms with Gasteiger partial charge in [0.05, 0.1) is 11.9 Å². The van der Waals surface area contributed by atoms with E-state index in [2.05, 4.69) is 22.2 Å². The maximum Gasteiger partial charge on any atom is 0.219 e. The second kappa shape index (κ2) is 4.77. The van der Waals surface area contributed by atoms with Gasteiger partial charge < -0.3 is 10.2 Å². The summed E-state index contributed by atoms with van der Waals surface area (Å²) < 4.78 is 0. The van der Waals surface area contributed by atoms with E-state index >= 15 is 0 Å². The summed E-state index contributed by atoms with van der Waals surface area (Å²) in [6, 6.07) is 0. The predicted octanol–water partition coefficient (Wildman–Crippen LogP) is 2.03. The molecular weight excluding hydrogens is 260 g/mol. The molecule has 5 nitrogen and oxygen atoms in total. The number of nitrogens with one attached hydrogen (secondary N) is 1. The third-order valence-electron chi connectivity index (χ3n) is 3.43. The van der Waals surface area contributed by atoms with Crippen molar-refractivity contribution in [1.29, 1.82) is 0 Å². The molecule has 3 rings (SSSR count). The van der Waals surface area contributed by atoms with Gasteiger partial charge in [0, 0.05) is 24.9 Å². The van der Waals surface area contributed by atoms with E-state index in [0.717, 1.165) is 35.5 Å². The van der Waals surface area contributed by atoms with Gasteiger partial charge in [-0.2, -0.15) is 0 Å². The van der Waals surface area contributed by atoms with Crippen molar-refractivity contribution < 1.29 is 4.79 Å². The lowest BCUT2D eigenvalue weighted by atomic mass is 10.0. The second-order valence-electron chi connectivity index (χ2n) is 4.63. The van der Waals surface area contributed by atoms with Crippen molar-refractivity contribution >= 4 is 33.3 Å². The van der Waals surface area contributed by atoms with Crippen molar-refractivity contribution in [2.75, 3.05) is 18.4 Å². The van der Waals surface area contributed by atoms with Crippen LogP contribution >= 0.6 is 11.3 Å². The first-order chi connectivity index (χ1) is 9.20. The fourth-order valence-corrected chi connectivity index (χ4v) is 3.70. The molecule has 0 unspecified atom stereocenters. The Bertz CT molecular complexity index is 637. The molecule has 0 saturated carbocycles. The first-order valence-electron chi connectivity index (χ1n) is 6.45.